The molecular weight excluding hydrogens is 576 g/mol. The Balaban J connectivity index is 0.00000149. The van der Waals surface area contributed by atoms with E-state index in [1.54, 1.807) is 7.11 Å². The van der Waals surface area contributed by atoms with Crippen molar-refractivity contribution in [2.75, 3.05) is 7.11 Å². The van der Waals surface area contributed by atoms with Crippen LogP contribution in [0.2, 0.25) is 0 Å². The molecule has 9 aromatic rings. The molecule has 0 N–H and O–H groups in total. The van der Waals surface area contributed by atoms with Crippen LogP contribution in [0.3, 0.4) is 0 Å². The van der Waals surface area contributed by atoms with Crippen LogP contribution in [0.4, 0.5) is 0 Å². The fourth-order valence-corrected chi connectivity index (χ4v) is 8.00. The van der Waals surface area contributed by atoms with E-state index in [0.29, 0.717) is 5.39 Å². The average Bonchev–Trinajstić information content (AvgIpc) is 3.49. The lowest BCUT2D eigenvalue weighted by molar-refractivity contribution is 0.416. The molecule has 0 radical (unpaired) electrons. The van der Waals surface area contributed by atoms with E-state index in [-0.39, 0.29) is 5.43 Å². The number of pyridine rings is 2. The Hall–Kier alpha value is -5.87. The third-order valence-electron chi connectivity index (χ3n) is 10.0. The molecule has 10 rings (SSSR count). The monoisotopic (exact) mass is 608 g/mol. The van der Waals surface area contributed by atoms with Crippen LogP contribution in [0.5, 0.6) is 5.75 Å². The number of benzene rings is 6. The van der Waals surface area contributed by atoms with Gasteiger partial charge in [-0.25, -0.2) is 0 Å². The van der Waals surface area contributed by atoms with Gasteiger partial charge in [0, 0.05) is 32.5 Å². The molecule has 0 spiro atoms. The van der Waals surface area contributed by atoms with Gasteiger partial charge in [0.25, 0.3) is 0 Å². The Morgan fingerprint density at radius 3 is 2.09 bits per heavy atom. The van der Waals surface area contributed by atoms with Gasteiger partial charge in [-0.15, -0.1) is 0 Å². The number of hydrogen-bond donors (Lipinski definition) is 0. The lowest BCUT2D eigenvalue weighted by atomic mass is 9.95. The van der Waals surface area contributed by atoms with Crippen LogP contribution in [0.25, 0.3) is 89.8 Å². The van der Waals surface area contributed by atoms with Gasteiger partial charge in [-0.3, -0.25) is 13.6 Å². The predicted molar refractivity (Wildman–Crippen MR) is 198 cm³/mol. The van der Waals surface area contributed by atoms with E-state index >= 15 is 0 Å². The molecule has 1 aliphatic rings. The Kier molecular flexibility index (Phi) is 5.73. The average molecular weight is 609 g/mol. The molecule has 4 heteroatoms. The van der Waals surface area contributed by atoms with Crippen LogP contribution < -0.4 is 20.9 Å². The number of fused-ring (bicyclic) bond motifs is 7. The maximum absolute atomic E-state index is 14.3. The number of nitrogens with zero attached hydrogens (tertiary/aromatic N) is 2. The molecule has 6 aromatic carbocycles. The van der Waals surface area contributed by atoms with Crippen molar-refractivity contribution in [3.05, 3.63) is 135 Å². The number of hydrogen-bond acceptors (Lipinski definition) is 2. The van der Waals surface area contributed by atoms with Crippen molar-refractivity contribution in [3.8, 4) is 28.0 Å². The molecule has 226 valence electrons. The molecule has 47 heavy (non-hydrogen) atoms. The van der Waals surface area contributed by atoms with E-state index in [4.69, 9.17) is 11.3 Å². The molecule has 0 bridgehead atoms. The highest BCUT2D eigenvalue weighted by atomic mass is 16.5. The van der Waals surface area contributed by atoms with Crippen molar-refractivity contribution in [2.24, 2.45) is 0 Å². The summed E-state index contributed by atoms with van der Waals surface area (Å²) in [5.41, 5.74) is 11.6. The van der Waals surface area contributed by atoms with E-state index in [2.05, 4.69) is 94.2 Å². The highest BCUT2D eigenvalue weighted by Gasteiger charge is 2.24. The predicted octanol–water partition coefficient (Wildman–Crippen LogP) is 8.70. The van der Waals surface area contributed by atoms with Gasteiger partial charge < -0.3 is 4.74 Å². The number of aromatic nitrogens is 2. The Morgan fingerprint density at radius 2 is 1.30 bits per heavy atom. The maximum Gasteiger partial charge on any atom is 0.197 e. The van der Waals surface area contributed by atoms with Crippen LogP contribution in [0.15, 0.2) is 108 Å². The molecule has 0 amide bonds. The molecule has 1 aliphatic carbocycles. The fraction of sp³-hybridized carbons (Fsp3) is 0.0930. The minimum Gasteiger partial charge on any atom is -0.496 e. The number of rotatable bonds is 2. The Morgan fingerprint density at radius 1 is 0.638 bits per heavy atom. The first-order chi connectivity index (χ1) is 23.0. The van der Waals surface area contributed by atoms with Crippen LogP contribution in [-0.2, 0) is 6.42 Å². The largest absolute Gasteiger partial charge is 0.496 e. The molecule has 0 atom stereocenters. The summed E-state index contributed by atoms with van der Waals surface area (Å²) < 4.78 is 10.2. The van der Waals surface area contributed by atoms with E-state index in [9.17, 15) is 4.79 Å². The minimum atomic E-state index is 0.0595. The standard InChI is InChI=1S/C41H26N2O2.C2H6/c1-22-28-15-14-26(31-10-6-7-11-37(31)45-3)20-35(28)42-23(2)43-36-21-33-27(18-25-8-4-5-9-30(25)33)19-34(36)41(44)32-17-13-24-12-16-29(22)39(42)38(24)40(32)43;1-2/h4-17,19-21H,1-2,18H2,3H3;1-2H3. The number of ether oxygens (including phenoxy) is 1. The van der Waals surface area contributed by atoms with Crippen molar-refractivity contribution in [1.82, 2.24) is 8.80 Å². The van der Waals surface area contributed by atoms with Crippen LogP contribution >= 0.6 is 0 Å². The summed E-state index contributed by atoms with van der Waals surface area (Å²) in [4.78, 5) is 14.3. The van der Waals surface area contributed by atoms with Gasteiger partial charge in [-0.05, 0) is 75.2 Å². The van der Waals surface area contributed by atoms with Gasteiger partial charge in [0.15, 0.2) is 5.43 Å². The van der Waals surface area contributed by atoms with Gasteiger partial charge in [-0.1, -0.05) is 99.8 Å². The number of methoxy groups -OCH3 is 1. The Bertz CT molecular complexity index is 2950. The van der Waals surface area contributed by atoms with E-state index in [1.807, 2.05) is 38.1 Å². The summed E-state index contributed by atoms with van der Waals surface area (Å²) >= 11 is 0. The van der Waals surface area contributed by atoms with Crippen molar-refractivity contribution in [1.29, 1.82) is 0 Å². The Labute approximate surface area is 271 Å². The first-order valence-corrected chi connectivity index (χ1v) is 16.2. The minimum absolute atomic E-state index is 0.0595. The molecule has 0 saturated carbocycles. The second kappa shape index (κ2) is 9.81. The van der Waals surface area contributed by atoms with Crippen LogP contribution in [0, 0.1) is 0 Å². The molecule has 3 aromatic heterocycles. The smallest absolute Gasteiger partial charge is 0.197 e. The van der Waals surface area contributed by atoms with Crippen LogP contribution in [-0.4, -0.2) is 15.9 Å². The van der Waals surface area contributed by atoms with Gasteiger partial charge in [0.1, 0.15) is 11.2 Å². The van der Waals surface area contributed by atoms with Gasteiger partial charge in [0.2, 0.25) is 0 Å². The lowest BCUT2D eigenvalue weighted by Gasteiger charge is -2.22. The van der Waals surface area contributed by atoms with Gasteiger partial charge >= 0.3 is 0 Å². The second-order valence-corrected chi connectivity index (χ2v) is 12.2. The molecule has 0 fully saturated rings. The third kappa shape index (κ3) is 3.50. The highest BCUT2D eigenvalue weighted by molar-refractivity contribution is 6.21. The molecular formula is C43H32N2O2. The molecule has 0 saturated heterocycles. The van der Waals surface area contributed by atoms with Crippen LogP contribution in [0.1, 0.15) is 25.0 Å². The summed E-state index contributed by atoms with van der Waals surface area (Å²) in [5, 5.41) is 6.62. The number of para-hydroxylation sites is 1. The molecule has 0 aliphatic heterocycles. The maximum atomic E-state index is 14.3. The van der Waals surface area contributed by atoms with Crippen molar-refractivity contribution in [2.45, 2.75) is 20.3 Å². The van der Waals surface area contributed by atoms with Crippen molar-refractivity contribution >= 4 is 67.5 Å². The summed E-state index contributed by atoms with van der Waals surface area (Å²) in [6, 6.07) is 35.8. The van der Waals surface area contributed by atoms with Crippen molar-refractivity contribution in [3.63, 3.8) is 0 Å². The first-order valence-electron chi connectivity index (χ1n) is 16.2. The lowest BCUT2D eigenvalue weighted by Crippen LogP contribution is -2.27. The van der Waals surface area contributed by atoms with Crippen molar-refractivity contribution < 1.29 is 4.74 Å². The zero-order valence-corrected chi connectivity index (χ0v) is 26.6. The topological polar surface area (TPSA) is 35.1 Å². The summed E-state index contributed by atoms with van der Waals surface area (Å²) in [7, 11) is 1.71. The van der Waals surface area contributed by atoms with E-state index < -0.39 is 0 Å². The zero-order chi connectivity index (χ0) is 32.1. The normalized spacial score (nSPS) is 12.3. The summed E-state index contributed by atoms with van der Waals surface area (Å²) in [6.45, 7) is 13.3. The zero-order valence-electron chi connectivity index (χ0n) is 26.6. The highest BCUT2D eigenvalue weighted by Crippen LogP contribution is 2.40. The summed E-state index contributed by atoms with van der Waals surface area (Å²) in [6.07, 6.45) is 0.832. The summed E-state index contributed by atoms with van der Waals surface area (Å²) in [5.74, 6) is 0.819. The van der Waals surface area contributed by atoms with E-state index in [0.717, 1.165) is 83.0 Å². The molecule has 3 heterocycles. The molecule has 4 nitrogen and oxygen atoms in total. The van der Waals surface area contributed by atoms with Gasteiger partial charge in [0.05, 0.1) is 29.2 Å². The SMILES string of the molecule is C=c1c2ccc(-c3ccccc3OC)cc2n2c(=C)n3c4cc5c(cc4c(=O)c4ccc6ccc1c2c6c43)Cc1ccccc1-5.CC. The second-order valence-electron chi connectivity index (χ2n) is 12.2. The third-order valence-corrected chi connectivity index (χ3v) is 10.0. The fourth-order valence-electron chi connectivity index (χ4n) is 8.00. The molecule has 0 unspecified atom stereocenters. The quantitative estimate of drug-likeness (QED) is 0.145. The van der Waals surface area contributed by atoms with E-state index in [1.165, 1.54) is 22.3 Å². The van der Waals surface area contributed by atoms with Gasteiger partial charge in [-0.2, -0.15) is 0 Å². The first kappa shape index (κ1) is 27.4.